The van der Waals surface area contributed by atoms with Crippen molar-refractivity contribution in [2.45, 2.75) is 25.7 Å². The molecule has 0 fully saturated rings. The molecule has 0 aliphatic carbocycles. The molecule has 1 aliphatic rings. The van der Waals surface area contributed by atoms with Gasteiger partial charge in [-0.3, -0.25) is 5.21 Å². The Morgan fingerprint density at radius 3 is 2.67 bits per heavy atom. The van der Waals surface area contributed by atoms with Crippen LogP contribution in [0.5, 0.6) is 0 Å². The van der Waals surface area contributed by atoms with Crippen molar-refractivity contribution in [2.75, 3.05) is 11.5 Å². The molecule has 0 atom stereocenters. The van der Waals surface area contributed by atoms with Gasteiger partial charge in [0.05, 0.1) is 5.56 Å². The molecule has 0 saturated heterocycles. The fourth-order valence-corrected chi connectivity index (χ4v) is 5.28. The molecule has 1 aliphatic heterocycles. The Balaban J connectivity index is 1.65. The molecule has 2 nitrogen and oxygen atoms in total. The minimum absolute atomic E-state index is 0.875. The highest BCUT2D eigenvalue weighted by molar-refractivity contribution is 8.24. The van der Waals surface area contributed by atoms with Crippen molar-refractivity contribution in [3.05, 3.63) is 71.3 Å². The minimum atomic E-state index is 0.875. The summed E-state index contributed by atoms with van der Waals surface area (Å²) in [7, 11) is 0. The summed E-state index contributed by atoms with van der Waals surface area (Å²) in [5, 5.41) is 12.2. The molecule has 0 saturated carbocycles. The van der Waals surface area contributed by atoms with Crippen LogP contribution in [0.1, 0.15) is 29.5 Å². The second-order valence-corrected chi connectivity index (χ2v) is 8.29. The van der Waals surface area contributed by atoms with E-state index in [1.807, 2.05) is 29.2 Å². The highest BCUT2D eigenvalue weighted by Crippen LogP contribution is 2.18. The van der Waals surface area contributed by atoms with Gasteiger partial charge in [-0.05, 0) is 41.6 Å². The molecule has 2 aromatic carbocycles. The van der Waals surface area contributed by atoms with Gasteiger partial charge in [-0.2, -0.15) is 0 Å². The first-order chi connectivity index (χ1) is 11.9. The maximum absolute atomic E-state index is 9.73. The third-order valence-electron chi connectivity index (χ3n) is 4.11. The Morgan fingerprint density at radius 1 is 1.04 bits per heavy atom. The molecular weight excluding hydrogens is 334 g/mol. The van der Waals surface area contributed by atoms with Gasteiger partial charge in [0.2, 0.25) is 0 Å². The molecule has 0 amide bonds. The van der Waals surface area contributed by atoms with E-state index >= 15 is 0 Å². The smallest absolute Gasteiger partial charge is 0.292 e. The van der Waals surface area contributed by atoms with Crippen molar-refractivity contribution in [1.82, 2.24) is 0 Å². The maximum atomic E-state index is 9.73. The van der Waals surface area contributed by atoms with Gasteiger partial charge in [0, 0.05) is 12.2 Å². The summed E-state index contributed by atoms with van der Waals surface area (Å²) >= 11 is 3.72. The predicted octanol–water partition coefficient (Wildman–Crippen LogP) is 2.47. The fraction of sp³-hybridized carbons (Fsp3) is 0.300. The van der Waals surface area contributed by atoms with Crippen molar-refractivity contribution < 1.29 is 10.4 Å². The first-order valence-electron chi connectivity index (χ1n) is 8.40. The van der Waals surface area contributed by atoms with Gasteiger partial charge in [-0.1, -0.05) is 60.3 Å². The molecule has 24 heavy (non-hydrogen) atoms. The summed E-state index contributed by atoms with van der Waals surface area (Å²) < 4.78 is 1.21. The highest BCUT2D eigenvalue weighted by atomic mass is 32.2. The van der Waals surface area contributed by atoms with E-state index in [0.717, 1.165) is 42.0 Å². The second kappa shape index (κ2) is 9.00. The van der Waals surface area contributed by atoms with Gasteiger partial charge in [-0.25, -0.2) is 0 Å². The standard InChI is InChI=1S/C20H21NOS2/c22-21-19-18-13-5-4-11-17(18)12-7-15-24-20(19)23-14-6-10-16-8-2-1-3-9-16/h1-5,8-9,11,13H,6-7,10,12,14-15H2/p+2/b21-19+. The van der Waals surface area contributed by atoms with Crippen molar-refractivity contribution in [2.24, 2.45) is 0 Å². The van der Waals surface area contributed by atoms with Crippen molar-refractivity contribution >= 4 is 33.0 Å². The molecule has 124 valence electrons. The topological polar surface area (TPSA) is 34.2 Å². The van der Waals surface area contributed by atoms with E-state index in [4.69, 9.17) is 0 Å². The molecule has 0 unspecified atom stereocenters. The zero-order valence-corrected chi connectivity index (χ0v) is 15.3. The Labute approximate surface area is 151 Å². The third-order valence-corrected chi connectivity index (χ3v) is 6.74. The first-order valence-corrected chi connectivity index (χ1v) is 10.4. The fourth-order valence-electron chi connectivity index (χ4n) is 2.90. The summed E-state index contributed by atoms with van der Waals surface area (Å²) in [5.74, 6) is 2.16. The quantitative estimate of drug-likeness (QED) is 0.290. The van der Waals surface area contributed by atoms with Gasteiger partial charge in [0.25, 0.3) is 0 Å². The molecule has 0 radical (unpaired) electrons. The van der Waals surface area contributed by atoms with Crippen LogP contribution in [0.15, 0.2) is 54.6 Å². The summed E-state index contributed by atoms with van der Waals surface area (Å²) in [6.07, 6.45) is 4.48. The van der Waals surface area contributed by atoms with Crippen LogP contribution in [-0.4, -0.2) is 26.6 Å². The average Bonchev–Trinajstić information content (AvgIpc) is 2.62. The number of hydrogen-bond acceptors (Lipinski definition) is 2. The van der Waals surface area contributed by atoms with Crippen molar-refractivity contribution in [3.63, 3.8) is 0 Å². The van der Waals surface area contributed by atoms with E-state index in [1.54, 1.807) is 0 Å². The van der Waals surface area contributed by atoms with Crippen LogP contribution in [-0.2, 0) is 24.2 Å². The molecule has 0 aromatic heterocycles. The van der Waals surface area contributed by atoms with Crippen LogP contribution in [0.2, 0.25) is 0 Å². The number of nitrogens with one attached hydrogen (secondary N) is 1. The summed E-state index contributed by atoms with van der Waals surface area (Å²) in [4.78, 5) is 0. The molecule has 3 rings (SSSR count). The van der Waals surface area contributed by atoms with Crippen LogP contribution in [0.25, 0.3) is 0 Å². The Hall–Kier alpha value is -1.65. The summed E-state index contributed by atoms with van der Waals surface area (Å²) in [5.41, 5.74) is 4.72. The van der Waals surface area contributed by atoms with Crippen molar-refractivity contribution in [3.8, 4) is 0 Å². The van der Waals surface area contributed by atoms with Crippen molar-refractivity contribution in [1.29, 1.82) is 0 Å². The van der Waals surface area contributed by atoms with Crippen LogP contribution in [0.3, 0.4) is 0 Å². The number of hydrogen-bond donors (Lipinski definition) is 2. The lowest BCUT2D eigenvalue weighted by Gasteiger charge is -2.07. The van der Waals surface area contributed by atoms with E-state index < -0.39 is 0 Å². The maximum Gasteiger partial charge on any atom is 0.333 e. The molecule has 0 spiro atoms. The Kier molecular flexibility index (Phi) is 6.44. The van der Waals surface area contributed by atoms with E-state index in [2.05, 4.69) is 53.7 Å². The summed E-state index contributed by atoms with van der Waals surface area (Å²) in [6, 6.07) is 19.0. The van der Waals surface area contributed by atoms with Gasteiger partial charge >= 0.3 is 9.91 Å². The lowest BCUT2D eigenvalue weighted by Crippen LogP contribution is -2.71. The molecule has 4 heteroatoms. The number of benzene rings is 2. The van der Waals surface area contributed by atoms with Crippen LogP contribution < -0.4 is 5.16 Å². The number of thioether (sulfide) groups is 1. The SMILES string of the molecule is O/[NH+]=C1/C(SCCCc2ccccc2)=[S+]CCCc2ccccc21. The minimum Gasteiger partial charge on any atom is -0.292 e. The third kappa shape index (κ3) is 4.46. The Morgan fingerprint density at radius 2 is 1.83 bits per heavy atom. The summed E-state index contributed by atoms with van der Waals surface area (Å²) in [6.45, 7) is 0. The molecule has 0 bridgehead atoms. The second-order valence-electron chi connectivity index (χ2n) is 5.82. The molecule has 1 heterocycles. The van der Waals surface area contributed by atoms with Crippen LogP contribution >= 0.6 is 11.8 Å². The van der Waals surface area contributed by atoms with E-state index in [-0.39, 0.29) is 0 Å². The molecule has 2 N–H and O–H groups in total. The zero-order chi connectivity index (χ0) is 16.6. The van der Waals surface area contributed by atoms with E-state index in [0.29, 0.717) is 0 Å². The van der Waals surface area contributed by atoms with E-state index in [1.165, 1.54) is 21.7 Å². The van der Waals surface area contributed by atoms with Gasteiger partial charge in [-0.15, -0.1) is 0 Å². The highest BCUT2D eigenvalue weighted by Gasteiger charge is 2.31. The number of rotatable bonds is 4. The predicted molar refractivity (Wildman–Crippen MR) is 106 cm³/mol. The zero-order valence-electron chi connectivity index (χ0n) is 13.7. The normalized spacial score (nSPS) is 16.2. The van der Waals surface area contributed by atoms with Gasteiger partial charge < -0.3 is 0 Å². The monoisotopic (exact) mass is 357 g/mol. The average molecular weight is 358 g/mol. The molecular formula is C20H23NOS2+2. The van der Waals surface area contributed by atoms with Crippen LogP contribution in [0, 0.1) is 0 Å². The lowest BCUT2D eigenvalue weighted by atomic mass is 10.00. The van der Waals surface area contributed by atoms with E-state index in [9.17, 15) is 5.21 Å². The lowest BCUT2D eigenvalue weighted by molar-refractivity contribution is -0.735. The number of aryl methyl sites for hydroxylation is 2. The number of fused-ring (bicyclic) bond motifs is 1. The Bertz CT molecular complexity index is 725. The largest absolute Gasteiger partial charge is 0.333 e. The van der Waals surface area contributed by atoms with Crippen LogP contribution in [0.4, 0.5) is 0 Å². The van der Waals surface area contributed by atoms with Gasteiger partial charge in [0.1, 0.15) is 0 Å². The van der Waals surface area contributed by atoms with Gasteiger partial charge in [0.15, 0.2) is 17.1 Å². The first kappa shape index (κ1) is 17.2. The molecule has 2 aromatic rings.